The molecule has 0 radical (unpaired) electrons. The minimum Gasteiger partial charge on any atom is -0.457 e. The Morgan fingerprint density at radius 1 is 1.06 bits per heavy atom. The van der Waals surface area contributed by atoms with Crippen molar-refractivity contribution in [3.8, 4) is 11.5 Å². The highest BCUT2D eigenvalue weighted by atomic mass is 79.9. The maximum atomic E-state index is 12.3. The van der Waals surface area contributed by atoms with Gasteiger partial charge in [0.25, 0.3) is 0 Å². The molecule has 2 aromatic carbocycles. The van der Waals surface area contributed by atoms with E-state index in [4.69, 9.17) is 14.5 Å². The van der Waals surface area contributed by atoms with Crippen molar-refractivity contribution in [3.05, 3.63) is 70.5 Å². The Labute approximate surface area is 200 Å². The molecule has 4 aromatic rings. The van der Waals surface area contributed by atoms with Gasteiger partial charge in [0.05, 0.1) is 11.0 Å². The van der Waals surface area contributed by atoms with Crippen molar-refractivity contribution in [1.29, 1.82) is 0 Å². The number of nitrogens with one attached hydrogen (secondary N) is 1. The predicted molar refractivity (Wildman–Crippen MR) is 132 cm³/mol. The molecule has 8 heteroatoms. The number of carbonyl (C=O) groups is 1. The lowest BCUT2D eigenvalue weighted by Crippen LogP contribution is -2.24. The lowest BCUT2D eigenvalue weighted by molar-refractivity contribution is 0.00624. The topological polar surface area (TPSA) is 78.3 Å². The van der Waals surface area contributed by atoms with Crippen LogP contribution in [0.15, 0.2) is 59.2 Å². The molecule has 0 saturated heterocycles. The van der Waals surface area contributed by atoms with Gasteiger partial charge < -0.3 is 19.4 Å². The number of anilines is 2. The molecule has 1 N–H and O–H groups in total. The Kier molecular flexibility index (Phi) is 6.12. The first-order valence-corrected chi connectivity index (χ1v) is 11.3. The summed E-state index contributed by atoms with van der Waals surface area (Å²) in [5, 5.41) is 3.37. The third-order valence-electron chi connectivity index (χ3n) is 4.84. The molecule has 0 saturated carbocycles. The minimum atomic E-state index is -0.597. The van der Waals surface area contributed by atoms with Crippen LogP contribution in [-0.2, 0) is 11.8 Å². The molecule has 0 spiro atoms. The number of hydrogen-bond donors (Lipinski definition) is 1. The summed E-state index contributed by atoms with van der Waals surface area (Å²) in [4.78, 5) is 21.1. The van der Waals surface area contributed by atoms with Crippen LogP contribution in [0, 0.1) is 6.92 Å². The summed E-state index contributed by atoms with van der Waals surface area (Å²) in [7, 11) is 1.96. The first kappa shape index (κ1) is 22.8. The number of pyridine rings is 1. The molecule has 170 valence electrons. The number of rotatable bonds is 5. The van der Waals surface area contributed by atoms with E-state index in [1.54, 1.807) is 12.1 Å². The molecule has 0 unspecified atom stereocenters. The first-order valence-electron chi connectivity index (χ1n) is 10.5. The van der Waals surface area contributed by atoms with Gasteiger partial charge in [-0.3, -0.25) is 0 Å². The van der Waals surface area contributed by atoms with E-state index < -0.39 is 11.6 Å². The average molecular weight is 509 g/mol. The number of nitrogens with zero attached hydrogens (tertiary/aromatic N) is 3. The van der Waals surface area contributed by atoms with Crippen LogP contribution in [0.25, 0.3) is 11.0 Å². The van der Waals surface area contributed by atoms with Crippen LogP contribution in [0.1, 0.15) is 36.8 Å². The van der Waals surface area contributed by atoms with Crippen molar-refractivity contribution in [1.82, 2.24) is 14.5 Å². The summed E-state index contributed by atoms with van der Waals surface area (Å²) in [6.07, 6.45) is 1.52. The molecular weight excluding hydrogens is 484 g/mol. The zero-order valence-corrected chi connectivity index (χ0v) is 20.7. The summed E-state index contributed by atoms with van der Waals surface area (Å²) < 4.78 is 14.4. The molecule has 0 bridgehead atoms. The van der Waals surface area contributed by atoms with E-state index in [2.05, 4.69) is 32.3 Å². The molecule has 2 heterocycles. The van der Waals surface area contributed by atoms with Gasteiger partial charge in [-0.15, -0.1) is 0 Å². The van der Waals surface area contributed by atoms with E-state index in [-0.39, 0.29) is 5.69 Å². The van der Waals surface area contributed by atoms with Crippen molar-refractivity contribution in [2.24, 2.45) is 7.05 Å². The third-order valence-corrected chi connectivity index (χ3v) is 5.73. The minimum absolute atomic E-state index is 0.192. The zero-order valence-electron chi connectivity index (χ0n) is 19.1. The number of esters is 1. The molecule has 4 rings (SSSR count). The van der Waals surface area contributed by atoms with Crippen molar-refractivity contribution in [2.45, 2.75) is 33.3 Å². The van der Waals surface area contributed by atoms with Gasteiger partial charge in [0, 0.05) is 35.5 Å². The van der Waals surface area contributed by atoms with E-state index in [1.807, 2.05) is 69.6 Å². The number of carbonyl (C=O) groups excluding carboxylic acids is 1. The molecule has 0 aliphatic rings. The fourth-order valence-electron chi connectivity index (χ4n) is 3.26. The Morgan fingerprint density at radius 3 is 2.55 bits per heavy atom. The summed E-state index contributed by atoms with van der Waals surface area (Å²) in [6.45, 7) is 7.48. The number of aromatic nitrogens is 3. The number of hydrogen-bond acceptors (Lipinski definition) is 6. The number of ether oxygens (including phenoxy) is 2. The van der Waals surface area contributed by atoms with Gasteiger partial charge in [0.2, 0.25) is 5.95 Å². The molecule has 0 amide bonds. The molecule has 0 atom stereocenters. The van der Waals surface area contributed by atoms with E-state index in [0.29, 0.717) is 11.5 Å². The van der Waals surface area contributed by atoms with Crippen LogP contribution < -0.4 is 10.1 Å². The Morgan fingerprint density at radius 2 is 1.82 bits per heavy atom. The van der Waals surface area contributed by atoms with Gasteiger partial charge in [-0.05, 0) is 69.7 Å². The number of fused-ring (bicyclic) bond motifs is 1. The highest BCUT2D eigenvalue weighted by Crippen LogP contribution is 2.29. The molecular formula is C25H25BrN4O3. The third kappa shape index (κ3) is 5.34. The Hall–Kier alpha value is -3.39. The molecule has 7 nitrogen and oxygen atoms in total. The van der Waals surface area contributed by atoms with Crippen molar-refractivity contribution in [3.63, 3.8) is 0 Å². The largest absolute Gasteiger partial charge is 0.457 e. The van der Waals surface area contributed by atoms with Crippen molar-refractivity contribution >= 4 is 44.6 Å². The summed E-state index contributed by atoms with van der Waals surface area (Å²) >= 11 is 3.53. The number of imidazole rings is 1. The molecule has 0 aliphatic heterocycles. The number of aryl methyl sites for hydroxylation is 2. The van der Waals surface area contributed by atoms with Gasteiger partial charge >= 0.3 is 5.97 Å². The highest BCUT2D eigenvalue weighted by molar-refractivity contribution is 9.10. The van der Waals surface area contributed by atoms with Crippen LogP contribution in [0.2, 0.25) is 0 Å². The van der Waals surface area contributed by atoms with Gasteiger partial charge in [-0.1, -0.05) is 15.9 Å². The van der Waals surface area contributed by atoms with E-state index in [9.17, 15) is 4.79 Å². The fourth-order valence-corrected chi connectivity index (χ4v) is 3.51. The standard InChI is InChI=1S/C25H25BrN4O3/c1-15-12-16(6-8-19(15)26)28-24-29-20-13-17(7-9-22(20)30(24)5)32-18-10-11-27-21(14-18)23(31)33-25(2,3)4/h6-14H,1-5H3,(H,28,29). The second-order valence-corrected chi connectivity index (χ2v) is 9.57. The van der Waals surface area contributed by atoms with Crippen molar-refractivity contribution in [2.75, 3.05) is 5.32 Å². The van der Waals surface area contributed by atoms with Gasteiger partial charge in [-0.25, -0.2) is 14.8 Å². The van der Waals surface area contributed by atoms with Crippen LogP contribution in [-0.4, -0.2) is 26.1 Å². The summed E-state index contributed by atoms with van der Waals surface area (Å²) in [6, 6.07) is 15.0. The Bertz CT molecular complexity index is 1340. The lowest BCUT2D eigenvalue weighted by atomic mass is 10.2. The highest BCUT2D eigenvalue weighted by Gasteiger charge is 2.19. The van der Waals surface area contributed by atoms with Crippen LogP contribution in [0.5, 0.6) is 11.5 Å². The quantitative estimate of drug-likeness (QED) is 0.308. The van der Waals surface area contributed by atoms with Gasteiger partial charge in [0.15, 0.2) is 5.69 Å². The summed E-state index contributed by atoms with van der Waals surface area (Å²) in [5.41, 5.74) is 3.43. The fraction of sp³-hybridized carbons (Fsp3) is 0.240. The molecule has 2 aromatic heterocycles. The maximum Gasteiger partial charge on any atom is 0.357 e. The molecule has 0 aliphatic carbocycles. The monoisotopic (exact) mass is 508 g/mol. The number of halogens is 1. The first-order chi connectivity index (χ1) is 15.6. The predicted octanol–water partition coefficient (Wildman–Crippen LogP) is 6.53. The normalized spacial score (nSPS) is 11.5. The lowest BCUT2D eigenvalue weighted by Gasteiger charge is -2.19. The van der Waals surface area contributed by atoms with Crippen LogP contribution in [0.4, 0.5) is 11.6 Å². The molecule has 0 fully saturated rings. The number of benzene rings is 2. The van der Waals surface area contributed by atoms with Crippen molar-refractivity contribution < 1.29 is 14.3 Å². The van der Waals surface area contributed by atoms with Crippen LogP contribution >= 0.6 is 15.9 Å². The zero-order chi connectivity index (χ0) is 23.8. The summed E-state index contributed by atoms with van der Waals surface area (Å²) in [5.74, 6) is 1.32. The van der Waals surface area contributed by atoms with E-state index in [0.717, 1.165) is 32.7 Å². The smallest absolute Gasteiger partial charge is 0.357 e. The second kappa shape index (κ2) is 8.86. The van der Waals surface area contributed by atoms with E-state index >= 15 is 0 Å². The van der Waals surface area contributed by atoms with Gasteiger partial charge in [0.1, 0.15) is 17.1 Å². The maximum absolute atomic E-state index is 12.3. The SMILES string of the molecule is Cc1cc(Nc2nc3cc(Oc4ccnc(C(=O)OC(C)(C)C)c4)ccc3n2C)ccc1Br. The van der Waals surface area contributed by atoms with Gasteiger partial charge in [-0.2, -0.15) is 0 Å². The Balaban J connectivity index is 1.56. The van der Waals surface area contributed by atoms with Crippen LogP contribution in [0.3, 0.4) is 0 Å². The average Bonchev–Trinajstić information content (AvgIpc) is 3.04. The second-order valence-electron chi connectivity index (χ2n) is 8.71. The van der Waals surface area contributed by atoms with E-state index in [1.165, 1.54) is 6.20 Å². The molecule has 33 heavy (non-hydrogen) atoms.